The van der Waals surface area contributed by atoms with Gasteiger partial charge in [-0.2, -0.15) is 0 Å². The third-order valence-electron chi connectivity index (χ3n) is 2.98. The molecule has 0 aliphatic rings. The lowest BCUT2D eigenvalue weighted by atomic mass is 10.1. The Morgan fingerprint density at radius 3 is 2.47 bits per heavy atom. The number of hydrogen-bond acceptors (Lipinski definition) is 4. The summed E-state index contributed by atoms with van der Waals surface area (Å²) in [5, 5.41) is 14.7. The first kappa shape index (κ1) is 15.6. The first-order chi connectivity index (χ1) is 8.99. The molecule has 0 bridgehead atoms. The molecule has 1 aromatic rings. The molecule has 108 valence electrons. The number of pyridine rings is 1. The molecule has 4 nitrogen and oxygen atoms in total. The summed E-state index contributed by atoms with van der Waals surface area (Å²) in [5.74, 6) is -1.48. The second-order valence-corrected chi connectivity index (χ2v) is 4.67. The van der Waals surface area contributed by atoms with Crippen molar-refractivity contribution in [2.75, 3.05) is 23.8 Å². The SMILES string of the molecule is CCCNc1nc(NC(C)C(C)CO)c(F)cc1F. The minimum absolute atomic E-state index is 0.00666. The van der Waals surface area contributed by atoms with E-state index in [1.54, 1.807) is 0 Å². The quantitative estimate of drug-likeness (QED) is 0.715. The highest BCUT2D eigenvalue weighted by molar-refractivity contribution is 5.48. The standard InChI is InChI=1S/C13H21F2N3O/c1-4-5-16-12-10(14)6-11(15)13(18-12)17-9(3)8(2)7-19/h6,8-9,19H,4-5,7H2,1-3H3,(H2,16,17,18). The van der Waals surface area contributed by atoms with E-state index in [-0.39, 0.29) is 30.2 Å². The van der Waals surface area contributed by atoms with Gasteiger partial charge in [0, 0.05) is 25.3 Å². The Morgan fingerprint density at radius 1 is 1.26 bits per heavy atom. The maximum Gasteiger partial charge on any atom is 0.168 e. The fourth-order valence-corrected chi connectivity index (χ4v) is 1.45. The van der Waals surface area contributed by atoms with Crippen LogP contribution in [0.5, 0.6) is 0 Å². The van der Waals surface area contributed by atoms with Gasteiger partial charge in [0.25, 0.3) is 0 Å². The first-order valence-corrected chi connectivity index (χ1v) is 6.46. The summed E-state index contributed by atoms with van der Waals surface area (Å²) in [6, 6.07) is 0.639. The van der Waals surface area contributed by atoms with E-state index in [0.29, 0.717) is 6.54 Å². The number of aliphatic hydroxyl groups is 1. The molecule has 0 fully saturated rings. The molecule has 2 unspecified atom stereocenters. The lowest BCUT2D eigenvalue weighted by Crippen LogP contribution is -2.27. The van der Waals surface area contributed by atoms with E-state index in [4.69, 9.17) is 5.11 Å². The molecular formula is C13H21F2N3O. The zero-order valence-electron chi connectivity index (χ0n) is 11.5. The van der Waals surface area contributed by atoms with E-state index < -0.39 is 11.6 Å². The summed E-state index contributed by atoms with van der Waals surface area (Å²) in [7, 11) is 0. The van der Waals surface area contributed by atoms with E-state index >= 15 is 0 Å². The molecule has 19 heavy (non-hydrogen) atoms. The molecule has 3 N–H and O–H groups in total. The zero-order chi connectivity index (χ0) is 14.4. The van der Waals surface area contributed by atoms with Gasteiger partial charge in [0.05, 0.1) is 0 Å². The van der Waals surface area contributed by atoms with E-state index in [9.17, 15) is 8.78 Å². The van der Waals surface area contributed by atoms with Crippen LogP contribution in [-0.4, -0.2) is 29.3 Å². The molecule has 0 amide bonds. The molecule has 1 rings (SSSR count). The predicted octanol–water partition coefficient (Wildman–Crippen LogP) is 2.61. The van der Waals surface area contributed by atoms with Gasteiger partial charge in [0.15, 0.2) is 23.3 Å². The minimum atomic E-state index is -0.739. The number of rotatable bonds is 7. The summed E-state index contributed by atoms with van der Waals surface area (Å²) in [6.45, 7) is 6.13. The molecule has 0 aromatic carbocycles. The highest BCUT2D eigenvalue weighted by Gasteiger charge is 2.16. The highest BCUT2D eigenvalue weighted by atomic mass is 19.1. The average molecular weight is 273 g/mol. The summed E-state index contributed by atoms with van der Waals surface area (Å²) < 4.78 is 27.1. The summed E-state index contributed by atoms with van der Waals surface area (Å²) in [6.07, 6.45) is 0.819. The fourth-order valence-electron chi connectivity index (χ4n) is 1.45. The number of nitrogens with one attached hydrogen (secondary N) is 2. The molecule has 0 aliphatic carbocycles. The second-order valence-electron chi connectivity index (χ2n) is 4.67. The van der Waals surface area contributed by atoms with Crippen molar-refractivity contribution in [3.63, 3.8) is 0 Å². The molecule has 2 atom stereocenters. The fraction of sp³-hybridized carbons (Fsp3) is 0.615. The van der Waals surface area contributed by atoms with Crippen LogP contribution in [0.15, 0.2) is 6.07 Å². The van der Waals surface area contributed by atoms with Crippen LogP contribution in [0.4, 0.5) is 20.4 Å². The van der Waals surface area contributed by atoms with Gasteiger partial charge in [-0.1, -0.05) is 13.8 Å². The van der Waals surface area contributed by atoms with Gasteiger partial charge >= 0.3 is 0 Å². The number of halogens is 2. The molecule has 0 radical (unpaired) electrons. The highest BCUT2D eigenvalue weighted by Crippen LogP contribution is 2.20. The van der Waals surface area contributed by atoms with Crippen molar-refractivity contribution in [2.45, 2.75) is 33.2 Å². The molecule has 0 spiro atoms. The van der Waals surface area contributed by atoms with Crippen molar-refractivity contribution in [1.82, 2.24) is 4.98 Å². The van der Waals surface area contributed by atoms with E-state index in [0.717, 1.165) is 12.5 Å². The second kappa shape index (κ2) is 7.23. The Bertz CT molecular complexity index is 415. The number of aromatic nitrogens is 1. The predicted molar refractivity (Wildman–Crippen MR) is 72.3 cm³/mol. The van der Waals surface area contributed by atoms with Crippen molar-refractivity contribution < 1.29 is 13.9 Å². The monoisotopic (exact) mass is 273 g/mol. The average Bonchev–Trinajstić information content (AvgIpc) is 2.39. The number of anilines is 2. The number of aliphatic hydroxyl groups excluding tert-OH is 1. The Kier molecular flexibility index (Phi) is 5.95. The zero-order valence-corrected chi connectivity index (χ0v) is 11.5. The maximum absolute atomic E-state index is 13.6. The van der Waals surface area contributed by atoms with Crippen molar-refractivity contribution in [3.8, 4) is 0 Å². The largest absolute Gasteiger partial charge is 0.396 e. The first-order valence-electron chi connectivity index (χ1n) is 6.46. The van der Waals surface area contributed by atoms with Crippen molar-refractivity contribution in [3.05, 3.63) is 17.7 Å². The van der Waals surface area contributed by atoms with Crippen LogP contribution in [0.2, 0.25) is 0 Å². The van der Waals surface area contributed by atoms with Gasteiger partial charge in [0.2, 0.25) is 0 Å². The Labute approximate surface area is 112 Å². The van der Waals surface area contributed by atoms with Gasteiger partial charge in [0.1, 0.15) is 0 Å². The van der Waals surface area contributed by atoms with Crippen LogP contribution in [0, 0.1) is 17.6 Å². The molecule has 1 heterocycles. The van der Waals surface area contributed by atoms with Crippen LogP contribution in [0.25, 0.3) is 0 Å². The summed E-state index contributed by atoms with van der Waals surface area (Å²) >= 11 is 0. The Balaban J connectivity index is 2.87. The third kappa shape index (κ3) is 4.31. The van der Waals surface area contributed by atoms with Gasteiger partial charge in [-0.15, -0.1) is 0 Å². The summed E-state index contributed by atoms with van der Waals surface area (Å²) in [5.41, 5.74) is 0. The number of hydrogen-bond donors (Lipinski definition) is 3. The van der Waals surface area contributed by atoms with Crippen LogP contribution < -0.4 is 10.6 Å². The van der Waals surface area contributed by atoms with Crippen LogP contribution >= 0.6 is 0 Å². The van der Waals surface area contributed by atoms with Gasteiger partial charge in [-0.25, -0.2) is 13.8 Å². The van der Waals surface area contributed by atoms with Gasteiger partial charge in [-0.3, -0.25) is 0 Å². The molecule has 0 saturated carbocycles. The van der Waals surface area contributed by atoms with Gasteiger partial charge in [-0.05, 0) is 19.3 Å². The Morgan fingerprint density at radius 2 is 1.89 bits per heavy atom. The summed E-state index contributed by atoms with van der Waals surface area (Å²) in [4.78, 5) is 3.91. The van der Waals surface area contributed by atoms with Crippen molar-refractivity contribution >= 4 is 11.6 Å². The Hall–Kier alpha value is -1.43. The minimum Gasteiger partial charge on any atom is -0.396 e. The topological polar surface area (TPSA) is 57.2 Å². The molecule has 6 heteroatoms. The van der Waals surface area contributed by atoms with Crippen molar-refractivity contribution in [2.24, 2.45) is 5.92 Å². The number of nitrogens with zero attached hydrogens (tertiary/aromatic N) is 1. The van der Waals surface area contributed by atoms with Crippen LogP contribution in [0.1, 0.15) is 27.2 Å². The van der Waals surface area contributed by atoms with Crippen LogP contribution in [-0.2, 0) is 0 Å². The molecule has 0 aliphatic heterocycles. The molecular weight excluding hydrogens is 252 g/mol. The third-order valence-corrected chi connectivity index (χ3v) is 2.98. The normalized spacial score (nSPS) is 14.0. The molecule has 0 saturated heterocycles. The van der Waals surface area contributed by atoms with E-state index in [1.165, 1.54) is 0 Å². The van der Waals surface area contributed by atoms with E-state index in [1.807, 2.05) is 20.8 Å². The maximum atomic E-state index is 13.6. The van der Waals surface area contributed by atoms with Gasteiger partial charge < -0.3 is 15.7 Å². The van der Waals surface area contributed by atoms with Crippen LogP contribution in [0.3, 0.4) is 0 Å². The van der Waals surface area contributed by atoms with Crippen molar-refractivity contribution in [1.29, 1.82) is 0 Å². The lowest BCUT2D eigenvalue weighted by Gasteiger charge is -2.20. The molecule has 1 aromatic heterocycles. The lowest BCUT2D eigenvalue weighted by molar-refractivity contribution is 0.226. The smallest absolute Gasteiger partial charge is 0.168 e. The van der Waals surface area contributed by atoms with E-state index in [2.05, 4.69) is 15.6 Å².